The Hall–Kier alpha value is -1.19. The summed E-state index contributed by atoms with van der Waals surface area (Å²) in [7, 11) is 0. The number of hydrogen-bond acceptors (Lipinski definition) is 3. The molecular formula is C17H28N2O2. The van der Waals surface area contributed by atoms with Crippen LogP contribution in [0.4, 0.5) is 4.79 Å². The van der Waals surface area contributed by atoms with E-state index in [1.54, 1.807) is 0 Å². The van der Waals surface area contributed by atoms with E-state index in [1.165, 1.54) is 25.7 Å². The topological polar surface area (TPSA) is 50.4 Å². The molecule has 3 aliphatic rings. The third kappa shape index (κ3) is 2.43. The number of hydrogen-bond donors (Lipinski definition) is 2. The summed E-state index contributed by atoms with van der Waals surface area (Å²) in [5, 5.41) is 2.97. The molecule has 0 aromatic rings. The molecule has 0 heterocycles. The number of carbonyl (C=O) groups excluding carboxylic acids is 1. The quantitative estimate of drug-likeness (QED) is 0.776. The van der Waals surface area contributed by atoms with Crippen LogP contribution in [0.2, 0.25) is 0 Å². The third-order valence-corrected chi connectivity index (χ3v) is 6.45. The van der Waals surface area contributed by atoms with Gasteiger partial charge in [-0.15, -0.1) is 0 Å². The average molecular weight is 292 g/mol. The summed E-state index contributed by atoms with van der Waals surface area (Å²) >= 11 is 0. The molecule has 3 rings (SSSR count). The maximum atomic E-state index is 11.9. The van der Waals surface area contributed by atoms with E-state index >= 15 is 0 Å². The molecule has 2 atom stereocenters. The molecule has 2 unspecified atom stereocenters. The van der Waals surface area contributed by atoms with Crippen molar-refractivity contribution in [2.45, 2.75) is 71.8 Å². The van der Waals surface area contributed by atoms with Crippen molar-refractivity contribution in [3.05, 3.63) is 11.8 Å². The van der Waals surface area contributed by atoms with Crippen LogP contribution in [-0.4, -0.2) is 12.1 Å². The van der Waals surface area contributed by atoms with Crippen LogP contribution in [0, 0.1) is 16.7 Å². The van der Waals surface area contributed by atoms with Crippen molar-refractivity contribution in [2.75, 3.05) is 0 Å². The zero-order valence-corrected chi connectivity index (χ0v) is 13.5. The number of nitrogens with one attached hydrogen (secondary N) is 2. The summed E-state index contributed by atoms with van der Waals surface area (Å²) < 4.78 is 0. The number of fused-ring (bicyclic) bond motifs is 2. The molecule has 2 bridgehead atoms. The van der Waals surface area contributed by atoms with Gasteiger partial charge in [0.2, 0.25) is 0 Å². The van der Waals surface area contributed by atoms with Gasteiger partial charge in [0, 0.05) is 11.5 Å². The molecule has 2 fully saturated rings. The molecule has 118 valence electrons. The predicted molar refractivity (Wildman–Crippen MR) is 82.3 cm³/mol. The van der Waals surface area contributed by atoms with Crippen molar-refractivity contribution in [2.24, 2.45) is 16.7 Å². The summed E-state index contributed by atoms with van der Waals surface area (Å²) in [5.41, 5.74) is 4.38. The smallest absolute Gasteiger partial charge is 0.325 e. The van der Waals surface area contributed by atoms with Crippen LogP contribution >= 0.6 is 0 Å². The summed E-state index contributed by atoms with van der Waals surface area (Å²) in [6.45, 7) is 6.91. The summed E-state index contributed by atoms with van der Waals surface area (Å²) in [4.78, 5) is 17.2. The molecule has 0 aromatic carbocycles. The lowest BCUT2D eigenvalue weighted by Crippen LogP contribution is -2.41. The van der Waals surface area contributed by atoms with E-state index in [4.69, 9.17) is 4.84 Å². The molecule has 4 heteroatoms. The summed E-state index contributed by atoms with van der Waals surface area (Å²) in [6.07, 6.45) is 10.2. The van der Waals surface area contributed by atoms with Gasteiger partial charge in [0.05, 0.1) is 5.70 Å². The Morgan fingerprint density at radius 3 is 2.48 bits per heavy atom. The Morgan fingerprint density at radius 1 is 1.19 bits per heavy atom. The second kappa shape index (κ2) is 5.22. The van der Waals surface area contributed by atoms with Crippen LogP contribution < -0.4 is 10.8 Å². The molecule has 0 radical (unpaired) electrons. The molecule has 21 heavy (non-hydrogen) atoms. The molecule has 0 aromatic heterocycles. The van der Waals surface area contributed by atoms with Gasteiger partial charge < -0.3 is 10.2 Å². The maximum absolute atomic E-state index is 11.9. The van der Waals surface area contributed by atoms with Crippen LogP contribution in [0.3, 0.4) is 0 Å². The largest absolute Gasteiger partial charge is 0.431 e. The van der Waals surface area contributed by atoms with Gasteiger partial charge in [0.25, 0.3) is 0 Å². The highest BCUT2D eigenvalue weighted by Gasteiger charge is 2.57. The lowest BCUT2D eigenvalue weighted by molar-refractivity contribution is 0.0732. The Kier molecular flexibility index (Phi) is 3.66. The zero-order valence-electron chi connectivity index (χ0n) is 13.5. The second-order valence-electron chi connectivity index (χ2n) is 7.75. The first kappa shape index (κ1) is 14.7. The van der Waals surface area contributed by atoms with E-state index < -0.39 is 0 Å². The number of rotatable bonds is 3. The standard InChI is InChI=1S/C17H28N2O2/c1-16(2)12-9-10-17(16,3)14(11-12)19-21-15(20)18-13-7-5-4-6-8-13/h11-13,19H,4-10H2,1-3H3,(H,18,20). The highest BCUT2D eigenvalue weighted by molar-refractivity contribution is 5.67. The number of hydroxylamine groups is 1. The maximum Gasteiger partial charge on any atom is 0.431 e. The van der Waals surface area contributed by atoms with E-state index in [9.17, 15) is 4.79 Å². The minimum absolute atomic E-state index is 0.1000. The van der Waals surface area contributed by atoms with Gasteiger partial charge in [0.15, 0.2) is 0 Å². The van der Waals surface area contributed by atoms with E-state index in [2.05, 4.69) is 37.6 Å². The van der Waals surface area contributed by atoms with E-state index in [0.29, 0.717) is 5.92 Å². The van der Waals surface area contributed by atoms with Crippen molar-refractivity contribution < 1.29 is 9.63 Å². The third-order valence-electron chi connectivity index (χ3n) is 6.45. The molecule has 3 aliphatic carbocycles. The Morgan fingerprint density at radius 2 is 1.90 bits per heavy atom. The van der Waals surface area contributed by atoms with Crippen molar-refractivity contribution in [3.63, 3.8) is 0 Å². The van der Waals surface area contributed by atoms with Crippen LogP contribution in [0.1, 0.15) is 65.7 Å². The highest BCUT2D eigenvalue weighted by atomic mass is 16.7. The van der Waals surface area contributed by atoms with Gasteiger partial charge in [-0.25, -0.2) is 10.3 Å². The molecule has 0 aliphatic heterocycles. The van der Waals surface area contributed by atoms with Crippen molar-refractivity contribution in [1.82, 2.24) is 10.8 Å². The minimum atomic E-state index is -0.341. The number of allylic oxidation sites excluding steroid dienone is 2. The normalized spacial score (nSPS) is 34.4. The Labute approximate surface area is 127 Å². The lowest BCUT2D eigenvalue weighted by atomic mass is 9.69. The SMILES string of the molecule is CC12CCC(C=C1NOC(=O)NC1CCCCC1)C2(C)C. The van der Waals surface area contributed by atoms with Crippen LogP contribution in [0.15, 0.2) is 11.8 Å². The Bertz CT molecular complexity index is 452. The van der Waals surface area contributed by atoms with Gasteiger partial charge in [-0.3, -0.25) is 0 Å². The van der Waals surface area contributed by atoms with Gasteiger partial charge in [-0.1, -0.05) is 46.1 Å². The molecule has 1 amide bonds. The molecule has 4 nitrogen and oxygen atoms in total. The minimum Gasteiger partial charge on any atom is -0.325 e. The molecule has 0 saturated heterocycles. The number of carbonyl (C=O) groups is 1. The van der Waals surface area contributed by atoms with E-state index in [-0.39, 0.29) is 23.0 Å². The fourth-order valence-corrected chi connectivity index (χ4v) is 4.39. The number of amides is 1. The predicted octanol–water partition coefficient (Wildman–Crippen LogP) is 3.89. The molecular weight excluding hydrogens is 264 g/mol. The van der Waals surface area contributed by atoms with Gasteiger partial charge in [-0.2, -0.15) is 0 Å². The average Bonchev–Trinajstić information content (AvgIpc) is 2.79. The Balaban J connectivity index is 1.52. The zero-order chi connectivity index (χ0) is 15.1. The van der Waals surface area contributed by atoms with Gasteiger partial charge >= 0.3 is 6.09 Å². The fraction of sp³-hybridized carbons (Fsp3) is 0.824. The van der Waals surface area contributed by atoms with E-state index in [0.717, 1.165) is 25.0 Å². The second-order valence-corrected chi connectivity index (χ2v) is 7.75. The summed E-state index contributed by atoms with van der Waals surface area (Å²) in [6, 6.07) is 0.286. The van der Waals surface area contributed by atoms with Crippen LogP contribution in [0.25, 0.3) is 0 Å². The van der Waals surface area contributed by atoms with E-state index in [1.807, 2.05) is 0 Å². The molecule has 0 spiro atoms. The van der Waals surface area contributed by atoms with Gasteiger partial charge in [-0.05, 0) is 37.0 Å². The summed E-state index contributed by atoms with van der Waals surface area (Å²) in [5.74, 6) is 0.593. The molecule has 2 saturated carbocycles. The van der Waals surface area contributed by atoms with Crippen LogP contribution in [0.5, 0.6) is 0 Å². The first-order valence-electron chi connectivity index (χ1n) is 8.39. The molecule has 2 N–H and O–H groups in total. The van der Waals surface area contributed by atoms with Crippen molar-refractivity contribution in [3.8, 4) is 0 Å². The highest BCUT2D eigenvalue weighted by Crippen LogP contribution is 2.64. The van der Waals surface area contributed by atoms with Gasteiger partial charge in [0.1, 0.15) is 0 Å². The lowest BCUT2D eigenvalue weighted by Gasteiger charge is -2.37. The van der Waals surface area contributed by atoms with Crippen molar-refractivity contribution in [1.29, 1.82) is 0 Å². The fourth-order valence-electron chi connectivity index (χ4n) is 4.39. The first-order valence-corrected chi connectivity index (χ1v) is 8.39. The first-order chi connectivity index (χ1) is 9.93. The van der Waals surface area contributed by atoms with Crippen LogP contribution in [-0.2, 0) is 4.84 Å². The monoisotopic (exact) mass is 292 g/mol. The van der Waals surface area contributed by atoms with Crippen molar-refractivity contribution >= 4 is 6.09 Å².